The summed E-state index contributed by atoms with van der Waals surface area (Å²) in [6, 6.07) is 4.58. The normalized spacial score (nSPS) is 13.8. The topological polar surface area (TPSA) is 47.3 Å². The number of aromatic nitrogens is 1. The number of halogens is 4. The van der Waals surface area contributed by atoms with Crippen LogP contribution in [0.2, 0.25) is 0 Å². The van der Waals surface area contributed by atoms with Gasteiger partial charge in [-0.2, -0.15) is 17.4 Å². The minimum absolute atomic E-state index is 0.0742. The molecule has 1 heterocycles. The molecule has 0 saturated heterocycles. The van der Waals surface area contributed by atoms with E-state index in [0.29, 0.717) is 32.1 Å². The summed E-state index contributed by atoms with van der Waals surface area (Å²) in [5, 5.41) is 0. The van der Waals surface area contributed by atoms with Crippen LogP contribution >= 0.6 is 0 Å². The molecule has 0 spiro atoms. The second kappa shape index (κ2) is 9.93. The quantitative estimate of drug-likeness (QED) is 0.334. The summed E-state index contributed by atoms with van der Waals surface area (Å²) in [4.78, 5) is 0. The third-order valence-corrected chi connectivity index (χ3v) is 4.53. The summed E-state index contributed by atoms with van der Waals surface area (Å²) in [5.74, 6) is 0. The van der Waals surface area contributed by atoms with Crippen molar-refractivity contribution in [3.63, 3.8) is 0 Å². The van der Waals surface area contributed by atoms with Gasteiger partial charge in [-0.1, -0.05) is 35.7 Å². The molecule has 1 aromatic heterocycles. The van der Waals surface area contributed by atoms with Crippen LogP contribution in [0.4, 0.5) is 17.6 Å². The standard InChI is InChI=1S/C15H22F4NO3S/c16-14(23-24(21,22)20-12-8-5-9-13-20)10-6-3-1-2-4-7-11-15(17,18)19/h5,8-9,12-14H,1-4,6-7,10-11H2/q+1. The smallest absolute Gasteiger partial charge is 0.215 e. The molecule has 4 nitrogen and oxygen atoms in total. The van der Waals surface area contributed by atoms with Gasteiger partial charge in [0.15, 0.2) is 12.4 Å². The lowest BCUT2D eigenvalue weighted by Gasteiger charge is -2.07. The minimum Gasteiger partial charge on any atom is -0.215 e. The highest BCUT2D eigenvalue weighted by atomic mass is 32.2. The highest BCUT2D eigenvalue weighted by Crippen LogP contribution is 2.23. The Morgan fingerprint density at radius 1 is 0.917 bits per heavy atom. The first-order valence-corrected chi connectivity index (χ1v) is 9.18. The van der Waals surface area contributed by atoms with Gasteiger partial charge in [-0.15, -0.1) is 8.42 Å². The zero-order valence-electron chi connectivity index (χ0n) is 13.2. The maximum atomic E-state index is 13.6. The van der Waals surface area contributed by atoms with Crippen LogP contribution in [0.3, 0.4) is 0 Å². The second-order valence-corrected chi connectivity index (χ2v) is 6.91. The fraction of sp³-hybridized carbons (Fsp3) is 0.667. The van der Waals surface area contributed by atoms with E-state index in [-0.39, 0.29) is 12.8 Å². The van der Waals surface area contributed by atoms with Crippen LogP contribution in [0.25, 0.3) is 0 Å². The molecule has 1 rings (SSSR count). The van der Waals surface area contributed by atoms with E-state index in [9.17, 15) is 26.0 Å². The highest BCUT2D eigenvalue weighted by molar-refractivity contribution is 7.80. The molecule has 0 radical (unpaired) electrons. The molecule has 0 aliphatic rings. The molecule has 0 saturated carbocycles. The molecule has 1 aromatic rings. The Labute approximate surface area is 139 Å². The van der Waals surface area contributed by atoms with Gasteiger partial charge in [-0.25, -0.2) is 4.39 Å². The van der Waals surface area contributed by atoms with Crippen molar-refractivity contribution in [2.24, 2.45) is 0 Å². The lowest BCUT2D eigenvalue weighted by Crippen LogP contribution is -2.44. The predicted molar refractivity (Wildman–Crippen MR) is 79.9 cm³/mol. The average molecular weight is 372 g/mol. The van der Waals surface area contributed by atoms with E-state index in [0.717, 1.165) is 3.97 Å². The van der Waals surface area contributed by atoms with Gasteiger partial charge >= 0.3 is 16.5 Å². The highest BCUT2D eigenvalue weighted by Gasteiger charge is 2.27. The van der Waals surface area contributed by atoms with Gasteiger partial charge in [0.25, 0.3) is 0 Å². The van der Waals surface area contributed by atoms with E-state index in [1.807, 2.05) is 0 Å². The van der Waals surface area contributed by atoms with Crippen LogP contribution in [0.15, 0.2) is 30.6 Å². The minimum atomic E-state index is -4.19. The van der Waals surface area contributed by atoms with Crippen LogP contribution in [0, 0.1) is 0 Å². The molecule has 0 aliphatic heterocycles. The van der Waals surface area contributed by atoms with Crippen LogP contribution in [0.1, 0.15) is 51.4 Å². The first-order valence-electron chi connectivity index (χ1n) is 7.81. The Morgan fingerprint density at radius 2 is 1.46 bits per heavy atom. The summed E-state index contributed by atoms with van der Waals surface area (Å²) in [7, 11) is -4.19. The van der Waals surface area contributed by atoms with E-state index < -0.39 is 29.3 Å². The summed E-state index contributed by atoms with van der Waals surface area (Å²) in [6.07, 6.45) is -1.47. The van der Waals surface area contributed by atoms with E-state index in [1.54, 1.807) is 6.07 Å². The molecule has 24 heavy (non-hydrogen) atoms. The van der Waals surface area contributed by atoms with E-state index >= 15 is 0 Å². The van der Waals surface area contributed by atoms with E-state index in [2.05, 4.69) is 4.18 Å². The molecule has 0 aliphatic carbocycles. The number of hydrogen-bond donors (Lipinski definition) is 0. The number of alkyl halides is 4. The fourth-order valence-electron chi connectivity index (χ4n) is 2.10. The maximum Gasteiger partial charge on any atom is 0.516 e. The van der Waals surface area contributed by atoms with Gasteiger partial charge in [-0.05, 0) is 12.8 Å². The van der Waals surface area contributed by atoms with Crippen molar-refractivity contribution < 1.29 is 34.1 Å². The van der Waals surface area contributed by atoms with E-state index in [1.165, 1.54) is 24.5 Å². The summed E-state index contributed by atoms with van der Waals surface area (Å²) in [5.41, 5.74) is 0. The molecule has 138 valence electrons. The van der Waals surface area contributed by atoms with Crippen molar-refractivity contribution in [2.45, 2.75) is 63.9 Å². The Bertz CT molecular complexity index is 564. The molecular formula is C15H22F4NO3S+. The number of unbranched alkanes of at least 4 members (excludes halogenated alkanes) is 5. The lowest BCUT2D eigenvalue weighted by molar-refractivity contribution is -0.521. The molecule has 0 fully saturated rings. The predicted octanol–water partition coefficient (Wildman–Crippen LogP) is 4.06. The van der Waals surface area contributed by atoms with Crippen LogP contribution in [0.5, 0.6) is 0 Å². The van der Waals surface area contributed by atoms with Crippen LogP contribution < -0.4 is 3.97 Å². The van der Waals surface area contributed by atoms with Gasteiger partial charge in [0.2, 0.25) is 6.36 Å². The summed E-state index contributed by atoms with van der Waals surface area (Å²) < 4.78 is 78.1. The van der Waals surface area contributed by atoms with Crippen molar-refractivity contribution in [3.8, 4) is 0 Å². The van der Waals surface area contributed by atoms with Crippen molar-refractivity contribution in [2.75, 3.05) is 0 Å². The third kappa shape index (κ3) is 9.17. The Morgan fingerprint density at radius 3 is 2.04 bits per heavy atom. The van der Waals surface area contributed by atoms with E-state index in [4.69, 9.17) is 0 Å². The first kappa shape index (κ1) is 20.8. The molecule has 1 atom stereocenters. The molecule has 0 bridgehead atoms. The van der Waals surface area contributed by atoms with Crippen molar-refractivity contribution in [1.82, 2.24) is 0 Å². The fourth-order valence-corrected chi connectivity index (χ4v) is 3.00. The number of rotatable bonds is 11. The van der Waals surface area contributed by atoms with Crippen LogP contribution in [-0.4, -0.2) is 21.0 Å². The number of nitrogens with zero attached hydrogens (tertiary/aromatic N) is 1. The maximum absolute atomic E-state index is 13.6. The number of pyridine rings is 1. The van der Waals surface area contributed by atoms with Gasteiger partial charge in [0.05, 0.1) is 0 Å². The van der Waals surface area contributed by atoms with Crippen molar-refractivity contribution in [1.29, 1.82) is 0 Å². The van der Waals surface area contributed by atoms with Crippen LogP contribution in [-0.2, 0) is 14.5 Å². The zero-order valence-corrected chi connectivity index (χ0v) is 14.0. The van der Waals surface area contributed by atoms with Gasteiger partial charge in [0, 0.05) is 25.0 Å². The average Bonchev–Trinajstić information content (AvgIpc) is 2.49. The number of hydrogen-bond acceptors (Lipinski definition) is 3. The zero-order chi connectivity index (χ0) is 18.1. The Balaban J connectivity index is 2.13. The van der Waals surface area contributed by atoms with Crippen molar-refractivity contribution in [3.05, 3.63) is 30.6 Å². The molecule has 0 N–H and O–H groups in total. The van der Waals surface area contributed by atoms with Crippen molar-refractivity contribution >= 4 is 10.3 Å². The molecular weight excluding hydrogens is 350 g/mol. The first-order chi connectivity index (χ1) is 11.2. The molecule has 0 aromatic carbocycles. The Kier molecular flexibility index (Phi) is 8.61. The Hall–Kier alpha value is -1.22. The SMILES string of the molecule is O=S(=O)(OC(F)CCCCCCCCC(F)(F)F)[n+]1ccccc1. The third-order valence-electron chi connectivity index (χ3n) is 3.31. The molecule has 9 heteroatoms. The largest absolute Gasteiger partial charge is 0.516 e. The molecule has 0 amide bonds. The van der Waals surface area contributed by atoms with Gasteiger partial charge in [-0.3, -0.25) is 0 Å². The van der Waals surface area contributed by atoms with Gasteiger partial charge in [0.1, 0.15) is 0 Å². The molecule has 1 unspecified atom stereocenters. The lowest BCUT2D eigenvalue weighted by atomic mass is 10.1. The summed E-state index contributed by atoms with van der Waals surface area (Å²) >= 11 is 0. The monoisotopic (exact) mass is 372 g/mol. The second-order valence-electron chi connectivity index (χ2n) is 5.44. The van der Waals surface area contributed by atoms with Gasteiger partial charge < -0.3 is 0 Å². The summed E-state index contributed by atoms with van der Waals surface area (Å²) in [6.45, 7) is 0.